The first-order valence-corrected chi connectivity index (χ1v) is 18.1. The Bertz CT molecular complexity index is 1440. The molecule has 2 saturated heterocycles. The number of hydrogen-bond acceptors (Lipinski definition) is 6. The number of benzene rings is 2. The van der Waals surface area contributed by atoms with Gasteiger partial charge >= 0.3 is 0 Å². The number of amides is 1. The molecule has 4 unspecified atom stereocenters. The maximum absolute atomic E-state index is 15.5. The van der Waals surface area contributed by atoms with Crippen molar-refractivity contribution in [3.05, 3.63) is 64.4 Å². The number of carbonyl (C=O) groups excluding carboxylic acids is 1. The highest BCUT2D eigenvalue weighted by molar-refractivity contribution is 7.90. The third kappa shape index (κ3) is 7.91. The van der Waals surface area contributed by atoms with Crippen molar-refractivity contribution in [1.29, 1.82) is 0 Å². The Morgan fingerprint density at radius 3 is 2.38 bits per heavy atom. The lowest BCUT2D eigenvalue weighted by Gasteiger charge is -2.49. The van der Waals surface area contributed by atoms with E-state index in [0.717, 1.165) is 18.4 Å². The van der Waals surface area contributed by atoms with Crippen LogP contribution in [0.4, 0.5) is 10.1 Å². The predicted octanol–water partition coefficient (Wildman–Crippen LogP) is 5.55. The van der Waals surface area contributed by atoms with Crippen LogP contribution in [0.1, 0.15) is 76.8 Å². The Balaban J connectivity index is 1.37. The number of nitrogens with zero attached hydrogens (tertiary/aromatic N) is 2. The molecule has 0 radical (unpaired) electrons. The molecule has 2 aliphatic heterocycles. The fourth-order valence-corrected chi connectivity index (χ4v) is 9.44. The summed E-state index contributed by atoms with van der Waals surface area (Å²) in [6.45, 7) is 10.8. The minimum atomic E-state index is -3.45. The summed E-state index contributed by atoms with van der Waals surface area (Å²) in [5.74, 6) is -0.952. The van der Waals surface area contributed by atoms with Crippen LogP contribution < -0.4 is 11.1 Å². The second-order valence-corrected chi connectivity index (χ2v) is 16.6. The minimum Gasteiger partial charge on any atom is -0.381 e. The van der Waals surface area contributed by atoms with E-state index in [1.54, 1.807) is 28.6 Å². The number of ether oxygens (including phenoxy) is 1. The molecular formula is C34H48ClFN4O4S. The lowest BCUT2D eigenvalue weighted by atomic mass is 9.76. The van der Waals surface area contributed by atoms with E-state index in [1.807, 2.05) is 19.1 Å². The molecule has 0 aromatic heterocycles. The summed E-state index contributed by atoms with van der Waals surface area (Å²) >= 11 is 6.15. The first kappa shape index (κ1) is 34.3. The van der Waals surface area contributed by atoms with Gasteiger partial charge in [0.05, 0.1) is 11.3 Å². The lowest BCUT2D eigenvalue weighted by molar-refractivity contribution is -0.118. The van der Waals surface area contributed by atoms with Crippen molar-refractivity contribution < 1.29 is 22.3 Å². The van der Waals surface area contributed by atoms with Crippen molar-refractivity contribution >= 4 is 33.2 Å². The van der Waals surface area contributed by atoms with E-state index in [9.17, 15) is 13.2 Å². The second kappa shape index (κ2) is 14.0. The second-order valence-electron chi connectivity index (χ2n) is 14.0. The highest BCUT2D eigenvalue weighted by Crippen LogP contribution is 2.38. The molecule has 2 aromatic carbocycles. The molecule has 248 valence electrons. The molecule has 2 heterocycles. The first-order valence-electron chi connectivity index (χ1n) is 16.2. The Hall–Kier alpha value is -2.08. The normalized spacial score (nSPS) is 23.9. The fourth-order valence-electron chi connectivity index (χ4n) is 7.08. The van der Waals surface area contributed by atoms with Gasteiger partial charge in [0.1, 0.15) is 5.82 Å². The van der Waals surface area contributed by atoms with Gasteiger partial charge in [0, 0.05) is 66.1 Å². The molecule has 8 nitrogen and oxygen atoms in total. The summed E-state index contributed by atoms with van der Waals surface area (Å²) in [5, 5.41) is 3.23. The van der Waals surface area contributed by atoms with Gasteiger partial charge in [0.15, 0.2) is 0 Å². The average Bonchev–Trinajstić information content (AvgIpc) is 3.84. The van der Waals surface area contributed by atoms with Crippen molar-refractivity contribution in [3.8, 4) is 0 Å². The van der Waals surface area contributed by atoms with Crippen molar-refractivity contribution in [2.24, 2.45) is 11.7 Å². The van der Waals surface area contributed by atoms with Crippen LogP contribution in [0.5, 0.6) is 0 Å². The van der Waals surface area contributed by atoms with Crippen molar-refractivity contribution in [2.45, 2.75) is 101 Å². The summed E-state index contributed by atoms with van der Waals surface area (Å²) in [6, 6.07) is 10.7. The summed E-state index contributed by atoms with van der Waals surface area (Å²) in [7, 11) is -3.45. The zero-order valence-electron chi connectivity index (χ0n) is 26.8. The monoisotopic (exact) mass is 662 g/mol. The summed E-state index contributed by atoms with van der Waals surface area (Å²) in [6.07, 6.45) is 3.64. The van der Waals surface area contributed by atoms with Crippen LogP contribution in [0.2, 0.25) is 5.02 Å². The van der Waals surface area contributed by atoms with Crippen LogP contribution in [0.25, 0.3) is 0 Å². The van der Waals surface area contributed by atoms with Crippen LogP contribution in [-0.2, 0) is 26.0 Å². The van der Waals surface area contributed by atoms with E-state index < -0.39 is 27.8 Å². The maximum atomic E-state index is 15.5. The molecule has 3 N–H and O–H groups in total. The third-order valence-electron chi connectivity index (χ3n) is 9.72. The quantitative estimate of drug-likeness (QED) is 0.346. The zero-order valence-corrected chi connectivity index (χ0v) is 28.4. The number of carbonyl (C=O) groups is 1. The molecule has 1 aliphatic carbocycles. The van der Waals surface area contributed by atoms with Gasteiger partial charge in [-0.2, -0.15) is 4.31 Å². The Kier molecular flexibility index (Phi) is 10.6. The minimum absolute atomic E-state index is 0.139. The Labute approximate surface area is 272 Å². The van der Waals surface area contributed by atoms with Crippen LogP contribution in [-0.4, -0.2) is 78.7 Å². The van der Waals surface area contributed by atoms with E-state index in [-0.39, 0.29) is 41.1 Å². The molecule has 0 spiro atoms. The molecule has 3 fully saturated rings. The molecule has 45 heavy (non-hydrogen) atoms. The predicted molar refractivity (Wildman–Crippen MR) is 177 cm³/mol. The summed E-state index contributed by atoms with van der Waals surface area (Å²) in [4.78, 5) is 16.1. The van der Waals surface area contributed by atoms with E-state index in [0.29, 0.717) is 61.8 Å². The number of rotatable bonds is 10. The molecular weight excluding hydrogens is 615 g/mol. The molecule has 3 aliphatic rings. The lowest BCUT2D eigenvalue weighted by Crippen LogP contribution is -2.63. The smallest absolute Gasteiger partial charge is 0.241 e. The third-order valence-corrected chi connectivity index (χ3v) is 12.5. The highest BCUT2D eigenvalue weighted by Gasteiger charge is 2.48. The first-order chi connectivity index (χ1) is 21.3. The van der Waals surface area contributed by atoms with Crippen molar-refractivity contribution in [2.75, 3.05) is 31.6 Å². The number of hydrogen-bond donors (Lipinski definition) is 2. The number of piperazine rings is 1. The van der Waals surface area contributed by atoms with Crippen LogP contribution in [0.15, 0.2) is 42.5 Å². The van der Waals surface area contributed by atoms with Gasteiger partial charge in [-0.15, -0.1) is 0 Å². The van der Waals surface area contributed by atoms with Gasteiger partial charge in [0.2, 0.25) is 15.9 Å². The molecule has 11 heteroatoms. The van der Waals surface area contributed by atoms with Crippen LogP contribution in [0.3, 0.4) is 0 Å². The number of nitrogens with one attached hydrogen (secondary N) is 1. The van der Waals surface area contributed by atoms with Gasteiger partial charge in [-0.3, -0.25) is 9.69 Å². The highest BCUT2D eigenvalue weighted by atomic mass is 35.5. The number of nitrogens with two attached hydrogens (primary N) is 1. The summed E-state index contributed by atoms with van der Waals surface area (Å²) in [5.41, 5.74) is 8.22. The van der Waals surface area contributed by atoms with Crippen LogP contribution >= 0.6 is 11.6 Å². The fraction of sp³-hybridized carbons (Fsp3) is 0.618. The molecule has 4 atom stereocenters. The Morgan fingerprint density at radius 1 is 1.09 bits per heavy atom. The van der Waals surface area contributed by atoms with Crippen LogP contribution in [0, 0.1) is 11.7 Å². The van der Waals surface area contributed by atoms with E-state index in [2.05, 4.69) is 31.0 Å². The van der Waals surface area contributed by atoms with Gasteiger partial charge in [-0.05, 0) is 102 Å². The molecule has 2 aromatic rings. The number of anilines is 1. The van der Waals surface area contributed by atoms with Gasteiger partial charge in [0.25, 0.3) is 0 Å². The topological polar surface area (TPSA) is 105 Å². The molecule has 1 saturated carbocycles. The van der Waals surface area contributed by atoms with E-state index in [4.69, 9.17) is 22.1 Å². The van der Waals surface area contributed by atoms with E-state index >= 15 is 4.39 Å². The van der Waals surface area contributed by atoms with Crippen molar-refractivity contribution in [3.63, 3.8) is 0 Å². The SMILES string of the molecule is CC1CN(C(C)(C)C)CC(CCc2c(F)cccc2NC(=O)C(N)C(c2ccc(Cl)cc2)C2CCOCC2)N1S(=O)(=O)C1CC1. The molecule has 1 amide bonds. The van der Waals surface area contributed by atoms with Crippen molar-refractivity contribution in [1.82, 2.24) is 9.21 Å². The summed E-state index contributed by atoms with van der Waals surface area (Å²) < 4.78 is 49.9. The van der Waals surface area contributed by atoms with Gasteiger partial charge < -0.3 is 15.8 Å². The maximum Gasteiger partial charge on any atom is 0.241 e. The molecule has 5 rings (SSSR count). The molecule has 0 bridgehead atoms. The van der Waals surface area contributed by atoms with E-state index in [1.165, 1.54) is 6.07 Å². The average molecular weight is 663 g/mol. The Morgan fingerprint density at radius 2 is 1.76 bits per heavy atom. The van der Waals surface area contributed by atoms with Gasteiger partial charge in [-0.25, -0.2) is 12.8 Å². The largest absolute Gasteiger partial charge is 0.381 e. The van der Waals surface area contributed by atoms with Gasteiger partial charge in [-0.1, -0.05) is 29.8 Å². The number of halogens is 2. The number of sulfonamides is 1. The standard InChI is InChI=1S/C34H48ClFN4O4S/c1-22-20-39(34(2,3)4)21-26(40(22)45(42,43)27-13-14-27)12-15-28-29(36)6-5-7-30(28)38-33(41)32(37)31(24-16-18-44-19-17-24)23-8-10-25(35)11-9-23/h5-11,22,24,26-27,31-32H,12-21,37H2,1-4H3,(H,38,41). The zero-order chi connectivity index (χ0) is 32.5.